The van der Waals surface area contributed by atoms with Crippen LogP contribution in [-0.2, 0) is 0 Å². The minimum absolute atomic E-state index is 0.0521. The predicted molar refractivity (Wildman–Crippen MR) is 143 cm³/mol. The molecule has 2 heteroatoms. The highest BCUT2D eigenvalue weighted by molar-refractivity contribution is 5.54. The number of aromatic hydroxyl groups is 2. The number of phenolic OH excluding ortho intramolecular Hbond substituents is 2. The highest BCUT2D eigenvalue weighted by Crippen LogP contribution is 2.58. The third-order valence-electron chi connectivity index (χ3n) is 9.27. The molecular formula is C32H44O2. The van der Waals surface area contributed by atoms with Crippen molar-refractivity contribution < 1.29 is 10.2 Å². The lowest BCUT2D eigenvalue weighted by Gasteiger charge is -2.53. The van der Waals surface area contributed by atoms with E-state index < -0.39 is 0 Å². The molecule has 4 rings (SSSR count). The second-order valence-electron chi connectivity index (χ2n) is 12.3. The Labute approximate surface area is 207 Å². The SMILES string of the molecule is C=C1CCC(C(c2cc(C)cc(C)c2O)c2cc(C)cc(C)c2O)C(C)CCC2C1CC2(C)C. The molecule has 0 aliphatic heterocycles. The maximum Gasteiger partial charge on any atom is 0.122 e. The van der Waals surface area contributed by atoms with Gasteiger partial charge in [0.05, 0.1) is 0 Å². The van der Waals surface area contributed by atoms with Gasteiger partial charge in [-0.3, -0.25) is 0 Å². The normalized spacial score (nSPS) is 26.9. The van der Waals surface area contributed by atoms with E-state index in [0.717, 1.165) is 52.1 Å². The summed E-state index contributed by atoms with van der Waals surface area (Å²) < 4.78 is 0. The number of allylic oxidation sites excluding steroid dienone is 1. The molecule has 34 heavy (non-hydrogen) atoms. The van der Waals surface area contributed by atoms with Crippen LogP contribution >= 0.6 is 0 Å². The van der Waals surface area contributed by atoms with Gasteiger partial charge in [0, 0.05) is 17.0 Å². The van der Waals surface area contributed by atoms with Gasteiger partial charge >= 0.3 is 0 Å². The molecule has 0 saturated heterocycles. The quantitative estimate of drug-likeness (QED) is 0.451. The summed E-state index contributed by atoms with van der Waals surface area (Å²) in [4.78, 5) is 0. The number of aryl methyl sites for hydroxylation is 4. The lowest BCUT2D eigenvalue weighted by molar-refractivity contribution is 0.000340. The zero-order valence-corrected chi connectivity index (χ0v) is 22.3. The Morgan fingerprint density at radius 2 is 1.38 bits per heavy atom. The molecular weight excluding hydrogens is 416 g/mol. The van der Waals surface area contributed by atoms with Crippen LogP contribution < -0.4 is 0 Å². The Hall–Kier alpha value is -2.22. The minimum Gasteiger partial charge on any atom is -0.507 e. The van der Waals surface area contributed by atoms with Crippen LogP contribution in [0.15, 0.2) is 36.4 Å². The molecule has 4 unspecified atom stereocenters. The van der Waals surface area contributed by atoms with Crippen molar-refractivity contribution in [2.24, 2.45) is 29.1 Å². The maximum absolute atomic E-state index is 11.3. The molecule has 2 aromatic rings. The van der Waals surface area contributed by atoms with Crippen molar-refractivity contribution in [2.45, 2.75) is 86.5 Å². The standard InChI is InChI=1S/C32H44O2/c1-18-13-22(5)30(33)25(15-18)29(26-16-19(2)14-23(6)31(26)34)24-11-9-21(4)27-17-32(7,8)28(27)12-10-20(24)3/h13-16,20,24,27-29,33-34H,4,9-12,17H2,1-3,5-8H3. The number of benzene rings is 2. The summed E-state index contributed by atoms with van der Waals surface area (Å²) in [6.45, 7) is 20.0. The molecule has 0 radical (unpaired) electrons. The van der Waals surface area contributed by atoms with Gasteiger partial charge in [-0.15, -0.1) is 0 Å². The number of phenols is 2. The third-order valence-corrected chi connectivity index (χ3v) is 9.27. The molecule has 2 aliphatic carbocycles. The second kappa shape index (κ2) is 9.10. The average Bonchev–Trinajstić information content (AvgIpc) is 2.79. The van der Waals surface area contributed by atoms with Crippen molar-refractivity contribution in [3.8, 4) is 11.5 Å². The van der Waals surface area contributed by atoms with Crippen molar-refractivity contribution in [1.82, 2.24) is 0 Å². The van der Waals surface area contributed by atoms with E-state index in [2.05, 4.69) is 53.3 Å². The number of rotatable bonds is 3. The molecule has 0 bridgehead atoms. The predicted octanol–water partition coefficient (Wildman–Crippen LogP) is 8.51. The molecule has 0 spiro atoms. The molecule has 2 nitrogen and oxygen atoms in total. The Kier molecular flexibility index (Phi) is 6.66. The summed E-state index contributed by atoms with van der Waals surface area (Å²) in [5.74, 6) is 2.88. The number of hydrogen-bond donors (Lipinski definition) is 2. The number of fused-ring (bicyclic) bond motifs is 1. The van der Waals surface area contributed by atoms with E-state index in [1.165, 1.54) is 24.8 Å². The summed E-state index contributed by atoms with van der Waals surface area (Å²) >= 11 is 0. The smallest absolute Gasteiger partial charge is 0.122 e. The van der Waals surface area contributed by atoms with E-state index >= 15 is 0 Å². The Balaban J connectivity index is 1.84. The van der Waals surface area contributed by atoms with Gasteiger partial charge in [0.25, 0.3) is 0 Å². The summed E-state index contributed by atoms with van der Waals surface area (Å²) in [6.07, 6.45) is 5.73. The van der Waals surface area contributed by atoms with E-state index in [-0.39, 0.29) is 5.92 Å². The lowest BCUT2D eigenvalue weighted by atomic mass is 9.52. The lowest BCUT2D eigenvalue weighted by Crippen LogP contribution is -2.44. The molecule has 2 aliphatic rings. The van der Waals surface area contributed by atoms with Gasteiger partial charge in [0.2, 0.25) is 0 Å². The highest BCUT2D eigenvalue weighted by atomic mass is 16.3. The van der Waals surface area contributed by atoms with Crippen LogP contribution in [0.1, 0.15) is 92.2 Å². The van der Waals surface area contributed by atoms with Gasteiger partial charge < -0.3 is 10.2 Å². The maximum atomic E-state index is 11.3. The minimum atomic E-state index is -0.0521. The van der Waals surface area contributed by atoms with Crippen LogP contribution in [0.5, 0.6) is 11.5 Å². The molecule has 2 N–H and O–H groups in total. The van der Waals surface area contributed by atoms with Crippen LogP contribution in [0.2, 0.25) is 0 Å². The van der Waals surface area contributed by atoms with Crippen molar-refractivity contribution in [3.63, 3.8) is 0 Å². The largest absolute Gasteiger partial charge is 0.507 e. The van der Waals surface area contributed by atoms with E-state index in [9.17, 15) is 10.2 Å². The van der Waals surface area contributed by atoms with Crippen LogP contribution in [-0.4, -0.2) is 10.2 Å². The number of hydrogen-bond acceptors (Lipinski definition) is 2. The van der Waals surface area contributed by atoms with Crippen molar-refractivity contribution in [3.05, 3.63) is 69.8 Å². The van der Waals surface area contributed by atoms with Gasteiger partial charge in [-0.2, -0.15) is 0 Å². The van der Waals surface area contributed by atoms with Crippen LogP contribution in [0, 0.1) is 56.8 Å². The van der Waals surface area contributed by atoms with Crippen molar-refractivity contribution >= 4 is 0 Å². The summed E-state index contributed by atoms with van der Waals surface area (Å²) in [7, 11) is 0. The highest BCUT2D eigenvalue weighted by Gasteiger charge is 2.48. The van der Waals surface area contributed by atoms with Gasteiger partial charge in [-0.1, -0.05) is 74.7 Å². The van der Waals surface area contributed by atoms with Crippen molar-refractivity contribution in [1.29, 1.82) is 0 Å². The fraction of sp³-hybridized carbons (Fsp3) is 0.562. The Morgan fingerprint density at radius 1 is 0.853 bits per heavy atom. The third kappa shape index (κ3) is 4.41. The molecule has 0 heterocycles. The van der Waals surface area contributed by atoms with Gasteiger partial charge in [0.1, 0.15) is 11.5 Å². The van der Waals surface area contributed by atoms with E-state index in [1.807, 2.05) is 26.0 Å². The Bertz CT molecular complexity index is 1040. The van der Waals surface area contributed by atoms with Gasteiger partial charge in [-0.25, -0.2) is 0 Å². The summed E-state index contributed by atoms with van der Waals surface area (Å²) in [6, 6.07) is 8.38. The first-order valence-corrected chi connectivity index (χ1v) is 13.2. The van der Waals surface area contributed by atoms with Gasteiger partial charge in [-0.05, 0) is 93.6 Å². The van der Waals surface area contributed by atoms with E-state index in [1.54, 1.807) is 0 Å². The first-order valence-electron chi connectivity index (χ1n) is 13.2. The fourth-order valence-corrected chi connectivity index (χ4v) is 7.33. The molecule has 2 aromatic carbocycles. The molecule has 0 aromatic heterocycles. The topological polar surface area (TPSA) is 40.5 Å². The Morgan fingerprint density at radius 3 is 1.88 bits per heavy atom. The van der Waals surface area contributed by atoms with Gasteiger partial charge in [0.15, 0.2) is 0 Å². The monoisotopic (exact) mass is 460 g/mol. The van der Waals surface area contributed by atoms with E-state index in [0.29, 0.717) is 34.7 Å². The molecule has 4 atom stereocenters. The molecule has 0 amide bonds. The summed E-state index contributed by atoms with van der Waals surface area (Å²) in [5, 5.41) is 22.6. The van der Waals surface area contributed by atoms with Crippen LogP contribution in [0.4, 0.5) is 0 Å². The molecule has 184 valence electrons. The first-order chi connectivity index (χ1) is 15.9. The molecule has 2 fully saturated rings. The van der Waals surface area contributed by atoms with E-state index in [4.69, 9.17) is 0 Å². The van der Waals surface area contributed by atoms with Crippen LogP contribution in [0.25, 0.3) is 0 Å². The van der Waals surface area contributed by atoms with Crippen molar-refractivity contribution in [2.75, 3.05) is 0 Å². The molecule has 2 saturated carbocycles. The second-order valence-corrected chi connectivity index (χ2v) is 12.3. The summed E-state index contributed by atoms with van der Waals surface area (Å²) in [5.41, 5.74) is 7.86. The zero-order valence-electron chi connectivity index (χ0n) is 22.3. The van der Waals surface area contributed by atoms with Crippen LogP contribution in [0.3, 0.4) is 0 Å². The fourth-order valence-electron chi connectivity index (χ4n) is 7.33. The zero-order chi connectivity index (χ0) is 24.9. The average molecular weight is 461 g/mol. The first kappa shape index (κ1) is 24.9.